The lowest BCUT2D eigenvalue weighted by Crippen LogP contribution is -2.32. The molecule has 124 valence electrons. The second kappa shape index (κ2) is 7.55. The number of aromatic nitrogens is 4. The van der Waals surface area contributed by atoms with Crippen molar-refractivity contribution >= 4 is 28.2 Å². The Bertz CT molecular complexity index is 800. The van der Waals surface area contributed by atoms with Crippen molar-refractivity contribution in [3.8, 4) is 5.82 Å². The van der Waals surface area contributed by atoms with Crippen LogP contribution in [0.3, 0.4) is 0 Å². The second-order valence-electron chi connectivity index (χ2n) is 4.95. The highest BCUT2D eigenvalue weighted by Crippen LogP contribution is 2.14. The standard InChI is InChI=1S/C15H17N7OS/c1-11-4-7-22(21-11)13-9-12(18-10-19-13)16-5-6-17-15(23)20-14-3-2-8-24-14/h2-4,7-10H,5-6H2,1H3,(H,16,18,19)(H2,17,20,23). The van der Waals surface area contributed by atoms with E-state index < -0.39 is 0 Å². The number of carbonyl (C=O) groups is 1. The Labute approximate surface area is 143 Å². The smallest absolute Gasteiger partial charge is 0.319 e. The van der Waals surface area contributed by atoms with E-state index in [0.717, 1.165) is 10.7 Å². The van der Waals surface area contributed by atoms with Crippen LogP contribution in [0.15, 0.2) is 42.2 Å². The van der Waals surface area contributed by atoms with Crippen LogP contribution in [-0.2, 0) is 0 Å². The first kappa shape index (κ1) is 15.9. The van der Waals surface area contributed by atoms with E-state index in [1.165, 1.54) is 17.7 Å². The molecule has 0 saturated carbocycles. The highest BCUT2D eigenvalue weighted by Gasteiger charge is 2.03. The molecule has 0 spiro atoms. The lowest BCUT2D eigenvalue weighted by atomic mass is 10.5. The van der Waals surface area contributed by atoms with Crippen molar-refractivity contribution < 1.29 is 4.79 Å². The lowest BCUT2D eigenvalue weighted by molar-refractivity contribution is 0.252. The molecule has 9 heteroatoms. The molecule has 0 bridgehead atoms. The monoisotopic (exact) mass is 343 g/mol. The molecule has 0 radical (unpaired) electrons. The van der Waals surface area contributed by atoms with E-state index in [1.54, 1.807) is 10.7 Å². The van der Waals surface area contributed by atoms with Crippen LogP contribution in [0.25, 0.3) is 5.82 Å². The fraction of sp³-hybridized carbons (Fsp3) is 0.200. The maximum absolute atomic E-state index is 11.7. The zero-order valence-corrected chi connectivity index (χ0v) is 13.9. The van der Waals surface area contributed by atoms with Gasteiger partial charge >= 0.3 is 6.03 Å². The number of hydrogen-bond donors (Lipinski definition) is 3. The first-order valence-electron chi connectivity index (χ1n) is 7.37. The van der Waals surface area contributed by atoms with Crippen molar-refractivity contribution in [2.24, 2.45) is 0 Å². The Morgan fingerprint density at radius 1 is 1.29 bits per heavy atom. The SMILES string of the molecule is Cc1ccn(-c2cc(NCCNC(=O)Nc3cccs3)ncn2)n1. The van der Waals surface area contributed by atoms with Crippen LogP contribution < -0.4 is 16.0 Å². The molecule has 0 aliphatic heterocycles. The van der Waals surface area contributed by atoms with Gasteiger partial charge in [-0.2, -0.15) is 5.10 Å². The van der Waals surface area contributed by atoms with E-state index in [-0.39, 0.29) is 6.03 Å². The molecule has 0 aromatic carbocycles. The van der Waals surface area contributed by atoms with E-state index in [1.807, 2.05) is 36.7 Å². The summed E-state index contributed by atoms with van der Waals surface area (Å²) in [7, 11) is 0. The van der Waals surface area contributed by atoms with Crippen LogP contribution in [0.2, 0.25) is 0 Å². The fourth-order valence-electron chi connectivity index (χ4n) is 1.98. The van der Waals surface area contributed by atoms with Crippen LogP contribution in [0, 0.1) is 6.92 Å². The number of carbonyl (C=O) groups excluding carboxylic acids is 1. The summed E-state index contributed by atoms with van der Waals surface area (Å²) in [5, 5.41) is 15.7. The normalized spacial score (nSPS) is 10.4. The molecule has 0 aliphatic carbocycles. The van der Waals surface area contributed by atoms with E-state index in [4.69, 9.17) is 0 Å². The number of urea groups is 1. The van der Waals surface area contributed by atoms with Gasteiger partial charge < -0.3 is 10.6 Å². The summed E-state index contributed by atoms with van der Waals surface area (Å²) in [6.07, 6.45) is 3.32. The Morgan fingerprint density at radius 3 is 2.96 bits per heavy atom. The van der Waals surface area contributed by atoms with Gasteiger partial charge in [0.05, 0.1) is 10.7 Å². The quantitative estimate of drug-likeness (QED) is 0.597. The third kappa shape index (κ3) is 4.29. The Kier molecular flexibility index (Phi) is 5.02. The van der Waals surface area contributed by atoms with Crippen LogP contribution in [-0.4, -0.2) is 38.9 Å². The highest BCUT2D eigenvalue weighted by molar-refractivity contribution is 7.14. The number of amides is 2. The maximum Gasteiger partial charge on any atom is 0.319 e. The average Bonchev–Trinajstić information content (AvgIpc) is 3.23. The molecule has 3 rings (SSSR count). The zero-order valence-electron chi connectivity index (χ0n) is 13.1. The number of anilines is 2. The van der Waals surface area contributed by atoms with Crippen molar-refractivity contribution in [2.45, 2.75) is 6.92 Å². The summed E-state index contributed by atoms with van der Waals surface area (Å²) in [6.45, 7) is 2.94. The number of aryl methyl sites for hydroxylation is 1. The van der Waals surface area contributed by atoms with Gasteiger partial charge in [-0.05, 0) is 30.5 Å². The number of hydrogen-bond acceptors (Lipinski definition) is 6. The van der Waals surface area contributed by atoms with Gasteiger partial charge in [-0.3, -0.25) is 5.32 Å². The molecular weight excluding hydrogens is 326 g/mol. The molecule has 3 aromatic rings. The fourth-order valence-corrected chi connectivity index (χ4v) is 2.60. The molecule has 3 N–H and O–H groups in total. The minimum absolute atomic E-state index is 0.227. The predicted molar refractivity (Wildman–Crippen MR) is 93.7 cm³/mol. The van der Waals surface area contributed by atoms with Gasteiger partial charge in [0.1, 0.15) is 12.1 Å². The van der Waals surface area contributed by atoms with E-state index in [2.05, 4.69) is 31.0 Å². The highest BCUT2D eigenvalue weighted by atomic mass is 32.1. The first-order chi connectivity index (χ1) is 11.7. The van der Waals surface area contributed by atoms with Crippen molar-refractivity contribution in [2.75, 3.05) is 23.7 Å². The van der Waals surface area contributed by atoms with E-state index in [9.17, 15) is 4.79 Å². The minimum atomic E-state index is -0.227. The van der Waals surface area contributed by atoms with Gasteiger partial charge in [0.2, 0.25) is 0 Å². The maximum atomic E-state index is 11.7. The van der Waals surface area contributed by atoms with Crippen molar-refractivity contribution in [1.82, 2.24) is 25.1 Å². The Morgan fingerprint density at radius 2 is 2.21 bits per heavy atom. The zero-order chi connectivity index (χ0) is 16.8. The summed E-state index contributed by atoms with van der Waals surface area (Å²) in [4.78, 5) is 20.0. The van der Waals surface area contributed by atoms with Crippen LogP contribution in [0.1, 0.15) is 5.69 Å². The van der Waals surface area contributed by atoms with Crippen LogP contribution >= 0.6 is 11.3 Å². The minimum Gasteiger partial charge on any atom is -0.368 e. The van der Waals surface area contributed by atoms with Gasteiger partial charge in [0, 0.05) is 25.4 Å². The van der Waals surface area contributed by atoms with Crippen molar-refractivity contribution in [3.05, 3.63) is 47.9 Å². The van der Waals surface area contributed by atoms with Gasteiger partial charge in [-0.1, -0.05) is 0 Å². The Balaban J connectivity index is 1.46. The summed E-state index contributed by atoms with van der Waals surface area (Å²) in [5.74, 6) is 1.36. The van der Waals surface area contributed by atoms with Crippen LogP contribution in [0.4, 0.5) is 15.6 Å². The topological polar surface area (TPSA) is 96.8 Å². The van der Waals surface area contributed by atoms with E-state index >= 15 is 0 Å². The van der Waals surface area contributed by atoms with Crippen molar-refractivity contribution in [1.29, 1.82) is 0 Å². The van der Waals surface area contributed by atoms with Crippen LogP contribution in [0.5, 0.6) is 0 Å². The predicted octanol–water partition coefficient (Wildman–Crippen LogP) is 2.27. The summed E-state index contributed by atoms with van der Waals surface area (Å²) >= 11 is 1.48. The molecule has 0 atom stereocenters. The van der Waals surface area contributed by atoms with Gasteiger partial charge in [0.15, 0.2) is 5.82 Å². The first-order valence-corrected chi connectivity index (χ1v) is 8.25. The largest absolute Gasteiger partial charge is 0.368 e. The number of thiophene rings is 1. The molecule has 3 heterocycles. The molecular formula is C15H17N7OS. The van der Waals surface area contributed by atoms with E-state index in [0.29, 0.717) is 24.7 Å². The molecule has 24 heavy (non-hydrogen) atoms. The Hall–Kier alpha value is -2.94. The molecule has 2 amide bonds. The summed E-state index contributed by atoms with van der Waals surface area (Å²) in [6, 6.07) is 7.22. The number of rotatable bonds is 6. The van der Waals surface area contributed by atoms with Crippen molar-refractivity contribution in [3.63, 3.8) is 0 Å². The van der Waals surface area contributed by atoms with Gasteiger partial charge in [-0.15, -0.1) is 11.3 Å². The second-order valence-corrected chi connectivity index (χ2v) is 5.90. The summed E-state index contributed by atoms with van der Waals surface area (Å²) < 4.78 is 1.69. The third-order valence-corrected chi connectivity index (χ3v) is 3.87. The molecule has 0 unspecified atom stereocenters. The molecule has 8 nitrogen and oxygen atoms in total. The summed E-state index contributed by atoms with van der Waals surface area (Å²) in [5.41, 5.74) is 0.920. The molecule has 0 saturated heterocycles. The number of nitrogens with zero attached hydrogens (tertiary/aromatic N) is 4. The van der Waals surface area contributed by atoms with Gasteiger partial charge in [0.25, 0.3) is 0 Å². The molecule has 0 fully saturated rings. The third-order valence-electron chi connectivity index (χ3n) is 3.08. The van der Waals surface area contributed by atoms with Gasteiger partial charge in [-0.25, -0.2) is 19.4 Å². The molecule has 0 aliphatic rings. The number of nitrogens with one attached hydrogen (secondary N) is 3. The lowest BCUT2D eigenvalue weighted by Gasteiger charge is -2.08. The average molecular weight is 343 g/mol. The molecule has 3 aromatic heterocycles.